The molecule has 0 saturated heterocycles. The SMILES string of the molecule is O=C(O)CC(O)(CC(=O)O)C(=O)O.O=C(O)CC(O)(CC(=O)O)C(=O)O.[Bi].[K].[K].[K]. The van der Waals surface area contributed by atoms with Gasteiger partial charge in [0.2, 0.25) is 0 Å². The summed E-state index contributed by atoms with van der Waals surface area (Å²) in [6.07, 6.45) is -4.58. The van der Waals surface area contributed by atoms with Crippen LogP contribution in [0.25, 0.3) is 0 Å². The topological polar surface area (TPSA) is 264 Å². The first kappa shape index (κ1) is 45.9. The zero-order valence-corrected chi connectivity index (χ0v) is 29.1. The van der Waals surface area contributed by atoms with Crippen LogP contribution in [-0.2, 0) is 28.8 Å². The molecule has 0 saturated carbocycles. The van der Waals surface area contributed by atoms with Crippen LogP contribution in [-0.4, -0.2) is 268 Å². The second kappa shape index (κ2) is 22.0. The first-order chi connectivity index (χ1) is 11.6. The Hall–Kier alpha value is 2.53. The molecule has 0 atom stereocenters. The van der Waals surface area contributed by atoms with Crippen molar-refractivity contribution >= 4 is 216 Å². The molecule has 0 spiro atoms. The minimum Gasteiger partial charge on any atom is -0.481 e. The van der Waals surface area contributed by atoms with Crippen LogP contribution in [0.1, 0.15) is 25.7 Å². The average Bonchev–Trinajstić information content (AvgIpc) is 2.34. The Morgan fingerprint density at radius 1 is 0.467 bits per heavy atom. The summed E-state index contributed by atoms with van der Waals surface area (Å²) in [6, 6.07) is 0. The van der Waals surface area contributed by atoms with Crippen LogP contribution in [0.2, 0.25) is 0 Å². The summed E-state index contributed by atoms with van der Waals surface area (Å²) in [5.41, 5.74) is -5.48. The molecule has 0 aromatic rings. The van der Waals surface area contributed by atoms with Crippen molar-refractivity contribution in [2.75, 3.05) is 0 Å². The second-order valence-electron chi connectivity index (χ2n) is 4.96. The molecule has 0 amide bonds. The van der Waals surface area contributed by atoms with E-state index in [9.17, 15) is 28.8 Å². The number of carbonyl (C=O) groups is 6. The summed E-state index contributed by atoms with van der Waals surface area (Å²) in [6.45, 7) is 0. The third-order valence-electron chi connectivity index (χ3n) is 2.57. The fourth-order valence-electron chi connectivity index (χ4n) is 1.43. The number of carboxylic acid groups (broad SMARTS) is 6. The van der Waals surface area contributed by atoms with Gasteiger partial charge in [0.15, 0.2) is 11.2 Å². The maximum absolute atomic E-state index is 10.3. The molecule has 18 heteroatoms. The van der Waals surface area contributed by atoms with Crippen molar-refractivity contribution in [2.24, 2.45) is 0 Å². The third kappa shape index (κ3) is 22.3. The van der Waals surface area contributed by atoms with Crippen LogP contribution in [0, 0.1) is 0 Å². The molecule has 0 rings (SSSR count). The van der Waals surface area contributed by atoms with Gasteiger partial charge in [-0.05, 0) is 0 Å². The van der Waals surface area contributed by atoms with Crippen molar-refractivity contribution < 1.29 is 69.6 Å². The molecule has 0 aliphatic carbocycles. The van der Waals surface area contributed by atoms with E-state index in [2.05, 4.69) is 0 Å². The quantitative estimate of drug-likeness (QED) is 0.101. The van der Waals surface area contributed by atoms with Crippen molar-refractivity contribution in [3.8, 4) is 0 Å². The van der Waals surface area contributed by atoms with Crippen LogP contribution < -0.4 is 0 Å². The van der Waals surface area contributed by atoms with E-state index in [-0.39, 0.29) is 180 Å². The molecular weight excluding hydrogens is 694 g/mol. The minimum absolute atomic E-state index is 0. The summed E-state index contributed by atoms with van der Waals surface area (Å²) < 4.78 is 0. The molecule has 0 bridgehead atoms. The Morgan fingerprint density at radius 3 is 0.667 bits per heavy atom. The van der Waals surface area contributed by atoms with E-state index in [0.29, 0.717) is 0 Å². The van der Waals surface area contributed by atoms with Gasteiger partial charge >= 0.3 is 35.8 Å². The molecule has 8 N–H and O–H groups in total. The molecule has 0 unspecified atom stereocenters. The van der Waals surface area contributed by atoms with Gasteiger partial charge in [-0.3, -0.25) is 19.2 Å². The van der Waals surface area contributed by atoms with Gasteiger partial charge in [0, 0.05) is 180 Å². The summed E-state index contributed by atoms with van der Waals surface area (Å²) in [5, 5.41) is 67.6. The average molecular weight is 711 g/mol. The van der Waals surface area contributed by atoms with Crippen molar-refractivity contribution in [3.05, 3.63) is 0 Å². The van der Waals surface area contributed by atoms with Gasteiger partial charge in [0.05, 0.1) is 25.7 Å². The van der Waals surface area contributed by atoms with E-state index in [1.807, 2.05) is 0 Å². The van der Waals surface area contributed by atoms with Crippen LogP contribution in [0.3, 0.4) is 0 Å². The summed E-state index contributed by atoms with van der Waals surface area (Å²) in [7, 11) is 0. The molecule has 0 aliphatic rings. The van der Waals surface area contributed by atoms with Gasteiger partial charge in [0.1, 0.15) is 0 Å². The van der Waals surface area contributed by atoms with Crippen molar-refractivity contribution in [3.63, 3.8) is 0 Å². The predicted octanol–water partition coefficient (Wildman–Crippen LogP) is -4.02. The Labute approximate surface area is 315 Å². The molecule has 0 aliphatic heterocycles. The maximum Gasteiger partial charge on any atom is 0.336 e. The number of carboxylic acids is 6. The van der Waals surface area contributed by atoms with Crippen LogP contribution in [0.15, 0.2) is 0 Å². The first-order valence-corrected chi connectivity index (χ1v) is 6.34. The molecule has 6 radical (unpaired) electrons. The molecular formula is C12H16BiK3O14. The molecule has 30 heavy (non-hydrogen) atoms. The summed E-state index contributed by atoms with van der Waals surface area (Å²) in [5.74, 6) is -10.0. The molecule has 0 heterocycles. The van der Waals surface area contributed by atoms with Gasteiger partial charge in [0.25, 0.3) is 0 Å². The van der Waals surface area contributed by atoms with Gasteiger partial charge < -0.3 is 40.9 Å². The largest absolute Gasteiger partial charge is 0.481 e. The number of rotatable bonds is 10. The first-order valence-electron chi connectivity index (χ1n) is 6.34. The Balaban J connectivity index is -0.0000000847. The molecule has 0 aromatic carbocycles. The van der Waals surface area contributed by atoms with Crippen LogP contribution in [0.4, 0.5) is 0 Å². The summed E-state index contributed by atoms with van der Waals surface area (Å²) >= 11 is 0. The normalized spacial score (nSPS) is 9.40. The van der Waals surface area contributed by atoms with Gasteiger partial charge in [-0.1, -0.05) is 0 Å². The minimum atomic E-state index is -2.74. The number of hydrogen-bond donors (Lipinski definition) is 8. The van der Waals surface area contributed by atoms with Gasteiger partial charge in [-0.2, -0.15) is 0 Å². The Bertz CT molecular complexity index is 527. The standard InChI is InChI=1S/2C6H8O7.Bi.3K/c2*7-3(8)1-6(13,5(11)12)2-4(9)10;;;;/h2*13H,1-2H2,(H,7,8)(H,9,10)(H,11,12);;;;. The van der Waals surface area contributed by atoms with E-state index in [4.69, 9.17) is 40.9 Å². The fraction of sp³-hybridized carbons (Fsp3) is 0.500. The predicted molar refractivity (Wildman–Crippen MR) is 97.2 cm³/mol. The monoisotopic (exact) mass is 710 g/mol. The van der Waals surface area contributed by atoms with Crippen molar-refractivity contribution in [2.45, 2.75) is 36.9 Å². The smallest absolute Gasteiger partial charge is 0.336 e. The van der Waals surface area contributed by atoms with Gasteiger partial charge in [-0.15, -0.1) is 0 Å². The molecule has 0 aromatic heterocycles. The Kier molecular flexibility index (Phi) is 33.7. The summed E-state index contributed by atoms with van der Waals surface area (Å²) in [4.78, 5) is 61.0. The van der Waals surface area contributed by atoms with Crippen LogP contribution in [0.5, 0.6) is 0 Å². The van der Waals surface area contributed by atoms with Crippen LogP contribution >= 0.6 is 0 Å². The van der Waals surface area contributed by atoms with Crippen molar-refractivity contribution in [1.82, 2.24) is 0 Å². The van der Waals surface area contributed by atoms with E-state index in [1.54, 1.807) is 0 Å². The number of hydrogen-bond acceptors (Lipinski definition) is 8. The van der Waals surface area contributed by atoms with Gasteiger partial charge in [-0.25, -0.2) is 9.59 Å². The van der Waals surface area contributed by atoms with E-state index >= 15 is 0 Å². The Morgan fingerprint density at radius 2 is 0.600 bits per heavy atom. The second-order valence-corrected chi connectivity index (χ2v) is 4.96. The zero-order valence-electron chi connectivity index (χ0n) is 16.3. The van der Waals surface area contributed by atoms with Crippen molar-refractivity contribution in [1.29, 1.82) is 0 Å². The molecule has 14 nitrogen and oxygen atoms in total. The number of aliphatic carboxylic acids is 6. The van der Waals surface area contributed by atoms with E-state index in [0.717, 1.165) is 0 Å². The van der Waals surface area contributed by atoms with E-state index in [1.165, 1.54) is 0 Å². The molecule has 156 valence electrons. The third-order valence-corrected chi connectivity index (χ3v) is 2.57. The van der Waals surface area contributed by atoms with E-state index < -0.39 is 72.7 Å². The fourth-order valence-corrected chi connectivity index (χ4v) is 1.43. The molecule has 0 fully saturated rings. The number of aliphatic hydroxyl groups is 2. The zero-order chi connectivity index (χ0) is 21.3. The maximum atomic E-state index is 10.3.